The van der Waals surface area contributed by atoms with Crippen molar-refractivity contribution in [2.24, 2.45) is 5.73 Å². The van der Waals surface area contributed by atoms with Crippen molar-refractivity contribution in [1.29, 1.82) is 0 Å². The number of rotatable bonds is 4. The minimum atomic E-state index is 0.667. The zero-order chi connectivity index (χ0) is 10.6. The molecule has 1 heteroatoms. The maximum absolute atomic E-state index is 5.74. The van der Waals surface area contributed by atoms with Crippen molar-refractivity contribution in [2.45, 2.75) is 46.6 Å². The molecule has 0 radical (unpaired) electrons. The number of aryl methyl sites for hydroxylation is 3. The summed E-state index contributed by atoms with van der Waals surface area (Å²) in [6.45, 7) is 7.29. The van der Waals surface area contributed by atoms with Crippen LogP contribution >= 0.6 is 0 Å². The van der Waals surface area contributed by atoms with Gasteiger partial charge in [-0.15, -0.1) is 0 Å². The molecule has 1 rings (SSSR count). The van der Waals surface area contributed by atoms with Crippen molar-refractivity contribution in [2.75, 3.05) is 0 Å². The molecule has 0 heterocycles. The van der Waals surface area contributed by atoms with E-state index in [2.05, 4.69) is 32.9 Å². The van der Waals surface area contributed by atoms with Crippen molar-refractivity contribution in [1.82, 2.24) is 0 Å². The second-order valence-corrected chi connectivity index (χ2v) is 3.65. The third-order valence-electron chi connectivity index (χ3n) is 2.88. The van der Waals surface area contributed by atoms with Gasteiger partial charge < -0.3 is 5.73 Å². The lowest BCUT2D eigenvalue weighted by atomic mass is 9.94. The normalized spacial score (nSPS) is 10.6. The Bertz CT molecular complexity index is 244. The van der Waals surface area contributed by atoms with E-state index >= 15 is 0 Å². The summed E-state index contributed by atoms with van der Waals surface area (Å²) in [5.41, 5.74) is 11.4. The lowest BCUT2D eigenvalue weighted by Crippen LogP contribution is -2.04. The molecule has 0 spiro atoms. The number of hydrogen-bond acceptors (Lipinski definition) is 1. The highest BCUT2D eigenvalue weighted by molar-refractivity contribution is 5.38. The molecule has 0 aromatic heterocycles. The highest BCUT2D eigenvalue weighted by atomic mass is 14.5. The zero-order valence-electron chi connectivity index (χ0n) is 9.56. The van der Waals surface area contributed by atoms with E-state index in [1.54, 1.807) is 0 Å². The highest BCUT2D eigenvalue weighted by Gasteiger charge is 2.05. The molecule has 0 bridgehead atoms. The van der Waals surface area contributed by atoms with Gasteiger partial charge in [0.1, 0.15) is 0 Å². The molecular weight excluding hydrogens is 170 g/mol. The van der Waals surface area contributed by atoms with Crippen molar-refractivity contribution in [3.63, 3.8) is 0 Å². The Kier molecular flexibility index (Phi) is 4.15. The molecule has 0 fully saturated rings. The summed E-state index contributed by atoms with van der Waals surface area (Å²) >= 11 is 0. The summed E-state index contributed by atoms with van der Waals surface area (Å²) in [6, 6.07) is 4.62. The first-order valence-corrected chi connectivity index (χ1v) is 5.60. The quantitative estimate of drug-likeness (QED) is 0.778. The van der Waals surface area contributed by atoms with Crippen molar-refractivity contribution >= 4 is 0 Å². The number of hydrogen-bond donors (Lipinski definition) is 1. The average Bonchev–Trinajstić information content (AvgIpc) is 2.26. The third kappa shape index (κ3) is 2.16. The molecule has 1 nitrogen and oxygen atoms in total. The predicted octanol–water partition coefficient (Wildman–Crippen LogP) is 2.83. The van der Waals surface area contributed by atoms with Crippen LogP contribution in [0.3, 0.4) is 0 Å². The summed E-state index contributed by atoms with van der Waals surface area (Å²) < 4.78 is 0. The molecule has 0 saturated heterocycles. The molecule has 14 heavy (non-hydrogen) atoms. The van der Waals surface area contributed by atoms with Gasteiger partial charge in [-0.1, -0.05) is 32.9 Å². The van der Waals surface area contributed by atoms with Gasteiger partial charge in [0.15, 0.2) is 0 Å². The van der Waals surface area contributed by atoms with Gasteiger partial charge in [0.25, 0.3) is 0 Å². The van der Waals surface area contributed by atoms with Crippen LogP contribution in [0.25, 0.3) is 0 Å². The van der Waals surface area contributed by atoms with Crippen LogP contribution in [0.15, 0.2) is 12.1 Å². The molecule has 0 amide bonds. The van der Waals surface area contributed by atoms with Gasteiger partial charge in [-0.2, -0.15) is 0 Å². The first kappa shape index (κ1) is 11.3. The second-order valence-electron chi connectivity index (χ2n) is 3.65. The molecule has 0 saturated carbocycles. The van der Waals surface area contributed by atoms with Crippen molar-refractivity contribution in [3.8, 4) is 0 Å². The minimum Gasteiger partial charge on any atom is -0.326 e. The van der Waals surface area contributed by atoms with Crippen LogP contribution in [-0.2, 0) is 25.8 Å². The van der Waals surface area contributed by atoms with Crippen LogP contribution in [0.5, 0.6) is 0 Å². The molecule has 0 unspecified atom stereocenters. The van der Waals surface area contributed by atoms with Gasteiger partial charge in [0.05, 0.1) is 0 Å². The Labute approximate surface area is 87.3 Å². The van der Waals surface area contributed by atoms with Gasteiger partial charge >= 0.3 is 0 Å². The Morgan fingerprint density at radius 2 is 1.14 bits per heavy atom. The Morgan fingerprint density at radius 1 is 0.786 bits per heavy atom. The lowest BCUT2D eigenvalue weighted by Gasteiger charge is -2.12. The molecule has 1 aromatic rings. The van der Waals surface area contributed by atoms with Crippen LogP contribution in [-0.4, -0.2) is 0 Å². The second kappa shape index (κ2) is 5.16. The first-order valence-electron chi connectivity index (χ1n) is 5.60. The van der Waals surface area contributed by atoms with Crippen LogP contribution in [0.2, 0.25) is 0 Å². The maximum atomic E-state index is 5.74. The average molecular weight is 191 g/mol. The molecular formula is C13H21N. The summed E-state index contributed by atoms with van der Waals surface area (Å²) in [6.07, 6.45) is 3.32. The Hall–Kier alpha value is -0.820. The fraction of sp³-hybridized carbons (Fsp3) is 0.538. The SMILES string of the molecule is CCc1cc(CC)c(CN)cc1CC. The van der Waals surface area contributed by atoms with E-state index in [0.29, 0.717) is 6.54 Å². The lowest BCUT2D eigenvalue weighted by molar-refractivity contribution is 0.957. The van der Waals surface area contributed by atoms with Gasteiger partial charge in [-0.05, 0) is 41.5 Å². The summed E-state index contributed by atoms with van der Waals surface area (Å²) in [7, 11) is 0. The van der Waals surface area contributed by atoms with Crippen LogP contribution in [0.4, 0.5) is 0 Å². The van der Waals surface area contributed by atoms with Gasteiger partial charge in [0.2, 0.25) is 0 Å². The van der Waals surface area contributed by atoms with Crippen LogP contribution < -0.4 is 5.73 Å². The molecule has 0 aliphatic rings. The maximum Gasteiger partial charge on any atom is 0.0180 e. The van der Waals surface area contributed by atoms with E-state index in [9.17, 15) is 0 Å². The third-order valence-corrected chi connectivity index (χ3v) is 2.88. The summed E-state index contributed by atoms with van der Waals surface area (Å²) in [5.74, 6) is 0. The molecule has 1 aromatic carbocycles. The van der Waals surface area contributed by atoms with E-state index < -0.39 is 0 Å². The van der Waals surface area contributed by atoms with Gasteiger partial charge in [-0.3, -0.25) is 0 Å². The summed E-state index contributed by atoms with van der Waals surface area (Å²) in [4.78, 5) is 0. The largest absolute Gasteiger partial charge is 0.326 e. The number of benzene rings is 1. The van der Waals surface area contributed by atoms with Crippen LogP contribution in [0.1, 0.15) is 43.0 Å². The van der Waals surface area contributed by atoms with E-state index in [4.69, 9.17) is 5.73 Å². The molecule has 0 atom stereocenters. The van der Waals surface area contributed by atoms with Crippen molar-refractivity contribution in [3.05, 3.63) is 34.4 Å². The highest BCUT2D eigenvalue weighted by Crippen LogP contribution is 2.18. The zero-order valence-corrected chi connectivity index (χ0v) is 9.56. The Morgan fingerprint density at radius 3 is 1.50 bits per heavy atom. The molecule has 78 valence electrons. The monoisotopic (exact) mass is 191 g/mol. The van der Waals surface area contributed by atoms with Gasteiger partial charge in [0, 0.05) is 6.54 Å². The molecule has 0 aliphatic heterocycles. The first-order chi connectivity index (χ1) is 6.76. The fourth-order valence-electron chi connectivity index (χ4n) is 1.97. The van der Waals surface area contributed by atoms with E-state index in [1.807, 2.05) is 0 Å². The number of nitrogens with two attached hydrogens (primary N) is 1. The van der Waals surface area contributed by atoms with E-state index in [0.717, 1.165) is 19.3 Å². The van der Waals surface area contributed by atoms with E-state index in [-0.39, 0.29) is 0 Å². The smallest absolute Gasteiger partial charge is 0.0180 e. The Balaban J connectivity index is 3.20. The molecule has 0 aliphatic carbocycles. The van der Waals surface area contributed by atoms with Gasteiger partial charge in [-0.25, -0.2) is 0 Å². The van der Waals surface area contributed by atoms with Crippen molar-refractivity contribution < 1.29 is 0 Å². The minimum absolute atomic E-state index is 0.667. The fourth-order valence-corrected chi connectivity index (χ4v) is 1.97. The summed E-state index contributed by atoms with van der Waals surface area (Å²) in [5, 5.41) is 0. The predicted molar refractivity (Wildman–Crippen MR) is 62.5 cm³/mol. The topological polar surface area (TPSA) is 26.0 Å². The standard InChI is InChI=1S/C13H21N/c1-4-10-7-12(6-3)13(9-14)8-11(10)5-2/h7-8H,4-6,9,14H2,1-3H3. The molecule has 2 N–H and O–H groups in total. The van der Waals surface area contributed by atoms with Crippen LogP contribution in [0, 0.1) is 0 Å². The van der Waals surface area contributed by atoms with E-state index in [1.165, 1.54) is 22.3 Å².